The van der Waals surface area contributed by atoms with E-state index in [-0.39, 0.29) is 5.60 Å². The van der Waals surface area contributed by atoms with E-state index in [1.54, 1.807) is 0 Å². The van der Waals surface area contributed by atoms with Gasteiger partial charge in [0, 0.05) is 6.04 Å². The van der Waals surface area contributed by atoms with Gasteiger partial charge in [-0.25, -0.2) is 0 Å². The summed E-state index contributed by atoms with van der Waals surface area (Å²) in [6, 6.07) is 7.05. The Morgan fingerprint density at radius 1 is 1.17 bits per heavy atom. The van der Waals surface area contributed by atoms with Crippen molar-refractivity contribution in [2.45, 2.75) is 52.7 Å². The van der Waals surface area contributed by atoms with Crippen LogP contribution in [-0.4, -0.2) is 25.3 Å². The van der Waals surface area contributed by atoms with Gasteiger partial charge in [-0.2, -0.15) is 0 Å². The van der Waals surface area contributed by atoms with Crippen LogP contribution in [0.25, 0.3) is 0 Å². The number of benzene rings is 1. The van der Waals surface area contributed by atoms with E-state index < -0.39 is 0 Å². The zero-order valence-corrected chi connectivity index (χ0v) is 12.6. The lowest BCUT2D eigenvalue weighted by molar-refractivity contribution is -0.0134. The molecule has 1 aromatic carbocycles. The van der Waals surface area contributed by atoms with Gasteiger partial charge in [0.2, 0.25) is 0 Å². The first kappa shape index (κ1) is 15.2. The minimum Gasteiger partial charge on any atom is -0.374 e. The van der Waals surface area contributed by atoms with E-state index in [0.717, 1.165) is 13.0 Å². The van der Waals surface area contributed by atoms with E-state index >= 15 is 0 Å². The van der Waals surface area contributed by atoms with Gasteiger partial charge in [-0.05, 0) is 64.8 Å². The van der Waals surface area contributed by atoms with E-state index in [0.29, 0.717) is 6.04 Å². The lowest BCUT2D eigenvalue weighted by Crippen LogP contribution is -2.36. The fourth-order valence-corrected chi connectivity index (χ4v) is 1.81. The summed E-state index contributed by atoms with van der Waals surface area (Å²) in [5, 5.41) is 3.33. The first-order valence-corrected chi connectivity index (χ1v) is 6.69. The molecule has 0 saturated carbocycles. The second-order valence-electron chi connectivity index (χ2n) is 6.03. The first-order valence-electron chi connectivity index (χ1n) is 6.69. The van der Waals surface area contributed by atoms with Crippen LogP contribution < -0.4 is 5.32 Å². The normalized spacial score (nSPS) is 13.7. The lowest BCUT2D eigenvalue weighted by Gasteiger charge is -2.24. The van der Waals surface area contributed by atoms with Crippen molar-refractivity contribution in [1.29, 1.82) is 0 Å². The highest BCUT2D eigenvalue weighted by Gasteiger charge is 2.14. The second kappa shape index (κ2) is 6.35. The average Bonchev–Trinajstić information content (AvgIpc) is 2.28. The minimum absolute atomic E-state index is 0.0711. The molecule has 0 amide bonds. The fraction of sp³-hybridized carbons (Fsp3) is 0.625. The number of hydrogen-bond acceptors (Lipinski definition) is 2. The number of rotatable bonds is 5. The summed E-state index contributed by atoms with van der Waals surface area (Å²) in [6.07, 6.45) is 1.01. The minimum atomic E-state index is -0.0711. The molecule has 0 heterocycles. The molecule has 2 heteroatoms. The largest absolute Gasteiger partial charge is 0.374 e. The number of nitrogens with one attached hydrogen (secondary N) is 1. The summed E-state index contributed by atoms with van der Waals surface area (Å²) in [7, 11) is 2.00. The fourth-order valence-electron chi connectivity index (χ4n) is 1.81. The zero-order chi connectivity index (χ0) is 13.8. The summed E-state index contributed by atoms with van der Waals surface area (Å²) in [4.78, 5) is 0. The molecule has 1 N–H and O–H groups in total. The Balaban J connectivity index is 2.59. The predicted molar refractivity (Wildman–Crippen MR) is 78.2 cm³/mol. The van der Waals surface area contributed by atoms with E-state index in [1.165, 1.54) is 16.7 Å². The topological polar surface area (TPSA) is 21.3 Å². The van der Waals surface area contributed by atoms with Gasteiger partial charge in [0.05, 0.1) is 12.2 Å². The van der Waals surface area contributed by atoms with E-state index in [9.17, 15) is 0 Å². The Labute approximate surface area is 112 Å². The average molecular weight is 249 g/mol. The summed E-state index contributed by atoms with van der Waals surface area (Å²) in [5.74, 6) is 0. The van der Waals surface area contributed by atoms with Crippen LogP contribution in [0.15, 0.2) is 18.2 Å². The van der Waals surface area contributed by atoms with Gasteiger partial charge in [-0.15, -0.1) is 0 Å². The lowest BCUT2D eigenvalue weighted by atomic mass is 10.0. The number of ether oxygens (including phenoxy) is 1. The van der Waals surface area contributed by atoms with E-state index in [2.05, 4.69) is 58.1 Å². The molecule has 0 aromatic heterocycles. The molecule has 1 atom stereocenters. The Morgan fingerprint density at radius 3 is 2.33 bits per heavy atom. The molecular formula is C16H27NO. The SMILES string of the molecule is CNC(COC(C)(C)C)Cc1ccc(C)c(C)c1. The Bertz CT molecular complexity index is 379. The number of hydrogen-bond donors (Lipinski definition) is 1. The zero-order valence-electron chi connectivity index (χ0n) is 12.6. The van der Waals surface area contributed by atoms with Crippen molar-refractivity contribution in [3.8, 4) is 0 Å². The highest BCUT2D eigenvalue weighted by atomic mass is 16.5. The second-order valence-corrected chi connectivity index (χ2v) is 6.03. The molecule has 0 aliphatic heterocycles. The van der Waals surface area contributed by atoms with Crippen LogP contribution in [0.5, 0.6) is 0 Å². The van der Waals surface area contributed by atoms with Crippen LogP contribution in [0.4, 0.5) is 0 Å². The van der Waals surface area contributed by atoms with E-state index in [1.807, 2.05) is 7.05 Å². The third kappa shape index (κ3) is 5.19. The highest BCUT2D eigenvalue weighted by Crippen LogP contribution is 2.13. The summed E-state index contributed by atoms with van der Waals surface area (Å²) < 4.78 is 5.85. The Kier molecular flexibility index (Phi) is 5.36. The van der Waals surface area contributed by atoms with Gasteiger partial charge in [-0.3, -0.25) is 0 Å². The summed E-state index contributed by atoms with van der Waals surface area (Å²) >= 11 is 0. The van der Waals surface area contributed by atoms with Crippen molar-refractivity contribution in [2.75, 3.05) is 13.7 Å². The third-order valence-corrected chi connectivity index (χ3v) is 3.18. The van der Waals surface area contributed by atoms with Crippen molar-refractivity contribution in [3.63, 3.8) is 0 Å². The molecular weight excluding hydrogens is 222 g/mol. The number of aryl methyl sites for hydroxylation is 2. The van der Waals surface area contributed by atoms with Crippen LogP contribution in [0, 0.1) is 13.8 Å². The molecule has 1 rings (SSSR count). The molecule has 1 unspecified atom stereocenters. The molecule has 102 valence electrons. The molecule has 2 nitrogen and oxygen atoms in total. The molecule has 0 bridgehead atoms. The van der Waals surface area contributed by atoms with Crippen LogP contribution in [0.2, 0.25) is 0 Å². The van der Waals surface area contributed by atoms with Crippen LogP contribution >= 0.6 is 0 Å². The maximum Gasteiger partial charge on any atom is 0.0629 e. The monoisotopic (exact) mass is 249 g/mol. The van der Waals surface area contributed by atoms with Gasteiger partial charge < -0.3 is 10.1 Å². The van der Waals surface area contributed by atoms with Gasteiger partial charge in [0.25, 0.3) is 0 Å². The molecule has 0 radical (unpaired) electrons. The Morgan fingerprint density at radius 2 is 1.83 bits per heavy atom. The molecule has 0 aliphatic rings. The number of likely N-dealkylation sites (N-methyl/N-ethyl adjacent to an activating group) is 1. The van der Waals surface area contributed by atoms with Gasteiger partial charge in [0.15, 0.2) is 0 Å². The first-order chi connectivity index (χ1) is 8.31. The van der Waals surface area contributed by atoms with E-state index in [4.69, 9.17) is 4.74 Å². The Hall–Kier alpha value is -0.860. The van der Waals surface area contributed by atoms with Gasteiger partial charge in [0.1, 0.15) is 0 Å². The van der Waals surface area contributed by atoms with Crippen molar-refractivity contribution in [2.24, 2.45) is 0 Å². The van der Waals surface area contributed by atoms with Gasteiger partial charge in [-0.1, -0.05) is 18.2 Å². The third-order valence-electron chi connectivity index (χ3n) is 3.18. The molecule has 0 spiro atoms. The predicted octanol–water partition coefficient (Wildman–Crippen LogP) is 3.25. The maximum absolute atomic E-state index is 5.85. The summed E-state index contributed by atoms with van der Waals surface area (Å²) in [6.45, 7) is 11.3. The van der Waals surface area contributed by atoms with Crippen molar-refractivity contribution < 1.29 is 4.74 Å². The van der Waals surface area contributed by atoms with Crippen molar-refractivity contribution in [3.05, 3.63) is 34.9 Å². The standard InChI is InChI=1S/C16H27NO/c1-12-7-8-14(9-13(12)2)10-15(17-6)11-18-16(3,4)5/h7-9,15,17H,10-11H2,1-6H3. The molecule has 0 aliphatic carbocycles. The maximum atomic E-state index is 5.85. The molecule has 0 fully saturated rings. The molecule has 1 aromatic rings. The molecule has 18 heavy (non-hydrogen) atoms. The quantitative estimate of drug-likeness (QED) is 0.865. The van der Waals surface area contributed by atoms with Crippen LogP contribution in [0.3, 0.4) is 0 Å². The van der Waals surface area contributed by atoms with Crippen molar-refractivity contribution in [1.82, 2.24) is 5.32 Å². The highest BCUT2D eigenvalue weighted by molar-refractivity contribution is 5.30. The van der Waals surface area contributed by atoms with Crippen LogP contribution in [-0.2, 0) is 11.2 Å². The summed E-state index contributed by atoms with van der Waals surface area (Å²) in [5.41, 5.74) is 4.01. The smallest absolute Gasteiger partial charge is 0.0629 e. The van der Waals surface area contributed by atoms with Gasteiger partial charge >= 0.3 is 0 Å². The van der Waals surface area contributed by atoms with Crippen molar-refractivity contribution >= 4 is 0 Å². The van der Waals surface area contributed by atoms with Crippen LogP contribution in [0.1, 0.15) is 37.5 Å². The molecule has 0 saturated heterocycles.